The fraction of sp³-hybridized carbons (Fsp3) is 0.474. The third-order valence-corrected chi connectivity index (χ3v) is 4.66. The number of nitrogens with zero attached hydrogens (tertiary/aromatic N) is 4. The lowest BCUT2D eigenvalue weighted by atomic mass is 9.92. The van der Waals surface area contributed by atoms with Gasteiger partial charge in [-0.3, -0.25) is 14.7 Å². The molecule has 2 N–H and O–H groups in total. The number of primary amides is 1. The number of aryl methyl sites for hydroxylation is 2. The minimum Gasteiger partial charge on any atom is -0.370 e. The number of hydrogen-bond donors (Lipinski definition) is 1. The Bertz CT molecular complexity index is 711. The van der Waals surface area contributed by atoms with Crippen molar-refractivity contribution >= 4 is 5.91 Å². The van der Waals surface area contributed by atoms with Gasteiger partial charge in [-0.2, -0.15) is 0 Å². The molecule has 0 radical (unpaired) electrons. The summed E-state index contributed by atoms with van der Waals surface area (Å²) >= 11 is 0. The zero-order valence-corrected chi connectivity index (χ0v) is 14.7. The van der Waals surface area contributed by atoms with E-state index in [0.29, 0.717) is 18.8 Å². The van der Waals surface area contributed by atoms with Crippen molar-refractivity contribution in [2.24, 2.45) is 5.73 Å². The average molecular weight is 339 g/mol. The van der Waals surface area contributed by atoms with Gasteiger partial charge < -0.3 is 5.73 Å². The van der Waals surface area contributed by atoms with Gasteiger partial charge in [-0.15, -0.1) is 0 Å². The van der Waals surface area contributed by atoms with Crippen molar-refractivity contribution in [3.8, 4) is 0 Å². The van der Waals surface area contributed by atoms with Crippen LogP contribution in [0.1, 0.15) is 48.1 Å². The predicted molar refractivity (Wildman–Crippen MR) is 95.8 cm³/mol. The van der Waals surface area contributed by atoms with E-state index in [2.05, 4.69) is 32.0 Å². The van der Waals surface area contributed by atoms with Gasteiger partial charge >= 0.3 is 0 Å². The monoisotopic (exact) mass is 339 g/mol. The normalized spacial score (nSPS) is 16.0. The van der Waals surface area contributed by atoms with Crippen LogP contribution in [0, 0.1) is 6.92 Å². The molecule has 0 aliphatic carbocycles. The van der Waals surface area contributed by atoms with Crippen LogP contribution in [0.2, 0.25) is 0 Å². The second-order valence-corrected chi connectivity index (χ2v) is 6.67. The molecule has 2 aromatic rings. The van der Waals surface area contributed by atoms with Gasteiger partial charge in [-0.1, -0.05) is 6.07 Å². The van der Waals surface area contributed by atoms with Crippen LogP contribution in [0.25, 0.3) is 0 Å². The molecule has 0 aromatic carbocycles. The lowest BCUT2D eigenvalue weighted by Crippen LogP contribution is -2.33. The molecule has 25 heavy (non-hydrogen) atoms. The van der Waals surface area contributed by atoms with Crippen LogP contribution in [-0.2, 0) is 17.8 Å². The number of carbonyl (C=O) groups excluding carboxylic acids is 1. The van der Waals surface area contributed by atoms with Gasteiger partial charge in [0.15, 0.2) is 0 Å². The van der Waals surface area contributed by atoms with Crippen LogP contribution < -0.4 is 5.73 Å². The molecule has 1 aliphatic heterocycles. The molecule has 6 heteroatoms. The number of pyridine rings is 1. The Morgan fingerprint density at radius 1 is 1.24 bits per heavy atom. The maximum atomic E-state index is 11.0. The van der Waals surface area contributed by atoms with Crippen molar-refractivity contribution in [1.82, 2.24) is 19.9 Å². The zero-order chi connectivity index (χ0) is 17.6. The highest BCUT2D eigenvalue weighted by Crippen LogP contribution is 2.27. The maximum Gasteiger partial charge on any atom is 0.217 e. The largest absolute Gasteiger partial charge is 0.370 e. The number of piperidine rings is 1. The first-order valence-electron chi connectivity index (χ1n) is 8.85. The van der Waals surface area contributed by atoms with Crippen LogP contribution in [0.5, 0.6) is 0 Å². The van der Waals surface area contributed by atoms with Crippen molar-refractivity contribution in [2.75, 3.05) is 13.1 Å². The second-order valence-electron chi connectivity index (χ2n) is 6.67. The summed E-state index contributed by atoms with van der Waals surface area (Å²) < 4.78 is 0. The Morgan fingerprint density at radius 2 is 2.04 bits per heavy atom. The Morgan fingerprint density at radius 3 is 2.72 bits per heavy atom. The highest BCUT2D eigenvalue weighted by Gasteiger charge is 2.22. The van der Waals surface area contributed by atoms with Gasteiger partial charge in [0, 0.05) is 36.5 Å². The molecule has 1 saturated heterocycles. The lowest BCUT2D eigenvalue weighted by molar-refractivity contribution is -0.118. The third-order valence-electron chi connectivity index (χ3n) is 4.66. The van der Waals surface area contributed by atoms with Crippen LogP contribution in [-0.4, -0.2) is 38.8 Å². The summed E-state index contributed by atoms with van der Waals surface area (Å²) in [5, 5.41) is 0. The van der Waals surface area contributed by atoms with E-state index in [4.69, 9.17) is 5.73 Å². The van der Waals surface area contributed by atoms with E-state index >= 15 is 0 Å². The summed E-state index contributed by atoms with van der Waals surface area (Å²) in [5.41, 5.74) is 8.38. The molecular formula is C19H25N5O. The van der Waals surface area contributed by atoms with Crippen molar-refractivity contribution < 1.29 is 4.79 Å². The Labute approximate surface area is 148 Å². The number of aromatic nitrogens is 3. The summed E-state index contributed by atoms with van der Waals surface area (Å²) in [6, 6.07) is 8.11. The fourth-order valence-electron chi connectivity index (χ4n) is 3.35. The molecule has 0 saturated carbocycles. The number of rotatable bonds is 6. The summed E-state index contributed by atoms with van der Waals surface area (Å²) in [4.78, 5) is 26.9. The molecule has 0 bridgehead atoms. The second kappa shape index (κ2) is 8.16. The van der Waals surface area contributed by atoms with E-state index in [-0.39, 0.29) is 5.91 Å². The highest BCUT2D eigenvalue weighted by atomic mass is 16.1. The molecule has 1 fully saturated rings. The summed E-state index contributed by atoms with van der Waals surface area (Å²) in [6.07, 6.45) is 4.93. The van der Waals surface area contributed by atoms with E-state index < -0.39 is 0 Å². The van der Waals surface area contributed by atoms with Crippen LogP contribution in [0.4, 0.5) is 0 Å². The van der Waals surface area contributed by atoms with Gasteiger partial charge in [0.2, 0.25) is 5.91 Å². The van der Waals surface area contributed by atoms with Crippen LogP contribution in [0.3, 0.4) is 0 Å². The average Bonchev–Trinajstić information content (AvgIpc) is 2.61. The van der Waals surface area contributed by atoms with Crippen molar-refractivity contribution in [1.29, 1.82) is 0 Å². The molecule has 3 heterocycles. The number of carbonyl (C=O) groups is 1. The molecule has 132 valence electrons. The summed E-state index contributed by atoms with van der Waals surface area (Å²) in [7, 11) is 0. The number of nitrogens with two attached hydrogens (primary N) is 1. The van der Waals surface area contributed by atoms with Gasteiger partial charge in [0.1, 0.15) is 5.82 Å². The van der Waals surface area contributed by atoms with Crippen LogP contribution in [0.15, 0.2) is 30.5 Å². The van der Waals surface area contributed by atoms with Gasteiger partial charge in [-0.25, -0.2) is 9.97 Å². The summed E-state index contributed by atoms with van der Waals surface area (Å²) in [6.45, 7) is 4.90. The van der Waals surface area contributed by atoms with E-state index in [1.54, 1.807) is 0 Å². The number of amides is 1. The first-order chi connectivity index (χ1) is 12.1. The van der Waals surface area contributed by atoms with E-state index in [1.807, 2.05) is 25.3 Å². The Balaban J connectivity index is 1.59. The molecule has 1 aliphatic rings. The third kappa shape index (κ3) is 5.06. The maximum absolute atomic E-state index is 11.0. The smallest absolute Gasteiger partial charge is 0.217 e. The lowest BCUT2D eigenvalue weighted by Gasteiger charge is -2.31. The molecule has 6 nitrogen and oxygen atoms in total. The Hall–Kier alpha value is -2.34. The van der Waals surface area contributed by atoms with Crippen molar-refractivity contribution in [3.05, 3.63) is 53.4 Å². The zero-order valence-electron chi connectivity index (χ0n) is 14.7. The topological polar surface area (TPSA) is 85.0 Å². The number of likely N-dealkylation sites (tertiary alicyclic amines) is 1. The fourth-order valence-corrected chi connectivity index (χ4v) is 3.35. The minimum atomic E-state index is -0.291. The van der Waals surface area contributed by atoms with E-state index in [9.17, 15) is 4.79 Å². The van der Waals surface area contributed by atoms with Crippen LogP contribution >= 0.6 is 0 Å². The minimum absolute atomic E-state index is 0.291. The highest BCUT2D eigenvalue weighted by molar-refractivity contribution is 5.73. The predicted octanol–water partition coefficient (Wildman–Crippen LogP) is 1.98. The van der Waals surface area contributed by atoms with E-state index in [1.165, 1.54) is 0 Å². The first kappa shape index (κ1) is 17.5. The molecule has 0 atom stereocenters. The molecule has 2 aromatic heterocycles. The van der Waals surface area contributed by atoms with Gasteiger partial charge in [0.25, 0.3) is 0 Å². The molecule has 1 amide bonds. The van der Waals surface area contributed by atoms with E-state index in [0.717, 1.165) is 55.4 Å². The number of hydrogen-bond acceptors (Lipinski definition) is 5. The van der Waals surface area contributed by atoms with Crippen molar-refractivity contribution in [3.63, 3.8) is 0 Å². The van der Waals surface area contributed by atoms with Gasteiger partial charge in [0.05, 0.1) is 5.69 Å². The van der Waals surface area contributed by atoms with Crippen molar-refractivity contribution in [2.45, 2.75) is 45.1 Å². The molecule has 3 rings (SSSR count). The van der Waals surface area contributed by atoms with Gasteiger partial charge in [-0.05, 0) is 57.5 Å². The molecular weight excluding hydrogens is 314 g/mol. The molecule has 0 unspecified atom stereocenters. The standard InChI is InChI=1S/C19H25N5O/c1-14-22-16(5-6-19(20)25)12-18(23-14)15-7-10-24(11-8-15)13-17-4-2-3-9-21-17/h2-4,9,12,15H,5-8,10-11,13H2,1H3,(H2,20,25). The quantitative estimate of drug-likeness (QED) is 0.870. The first-order valence-corrected chi connectivity index (χ1v) is 8.85. The Kier molecular flexibility index (Phi) is 5.71. The SMILES string of the molecule is Cc1nc(CCC(N)=O)cc(C2CCN(Cc3ccccn3)CC2)n1. The summed E-state index contributed by atoms with van der Waals surface area (Å²) in [5.74, 6) is 0.933. The molecule has 0 spiro atoms.